The number of rotatable bonds is 7. The first-order valence-corrected chi connectivity index (χ1v) is 6.12. The van der Waals surface area contributed by atoms with Crippen molar-refractivity contribution in [1.82, 2.24) is 0 Å². The van der Waals surface area contributed by atoms with Crippen molar-refractivity contribution >= 4 is 11.9 Å². The number of benzene rings is 1. The number of ether oxygens (including phenoxy) is 1. The molecule has 5 heteroatoms. The summed E-state index contributed by atoms with van der Waals surface area (Å²) in [6.07, 6.45) is -0.168. The van der Waals surface area contributed by atoms with E-state index in [1.165, 1.54) is 0 Å². The molecule has 1 unspecified atom stereocenters. The zero-order valence-corrected chi connectivity index (χ0v) is 10.8. The van der Waals surface area contributed by atoms with E-state index in [-0.39, 0.29) is 19.4 Å². The van der Waals surface area contributed by atoms with Crippen LogP contribution >= 0.6 is 0 Å². The Bertz CT molecular complexity index is 429. The third-order valence-corrected chi connectivity index (χ3v) is 2.96. The summed E-state index contributed by atoms with van der Waals surface area (Å²) in [5.41, 5.74) is -1.02. The minimum absolute atomic E-state index is 0.00255. The van der Waals surface area contributed by atoms with Gasteiger partial charge in [-0.1, -0.05) is 30.3 Å². The predicted molar refractivity (Wildman–Crippen MR) is 68.6 cm³/mol. The molecule has 0 aliphatic carbocycles. The Labute approximate surface area is 111 Å². The predicted octanol–water partition coefficient (Wildman–Crippen LogP) is 1.25. The molecule has 1 aromatic rings. The van der Waals surface area contributed by atoms with E-state index in [1.54, 1.807) is 31.2 Å². The number of esters is 1. The molecule has 0 aromatic heterocycles. The van der Waals surface area contributed by atoms with Crippen LogP contribution in [-0.2, 0) is 20.7 Å². The second-order valence-electron chi connectivity index (χ2n) is 4.24. The van der Waals surface area contributed by atoms with Crippen molar-refractivity contribution < 1.29 is 24.5 Å². The molecule has 19 heavy (non-hydrogen) atoms. The van der Waals surface area contributed by atoms with Gasteiger partial charge >= 0.3 is 11.9 Å². The van der Waals surface area contributed by atoms with E-state index < -0.39 is 24.0 Å². The van der Waals surface area contributed by atoms with Crippen LogP contribution in [0.25, 0.3) is 0 Å². The molecule has 0 saturated carbocycles. The molecule has 0 saturated heterocycles. The van der Waals surface area contributed by atoms with Crippen molar-refractivity contribution in [1.29, 1.82) is 0 Å². The van der Waals surface area contributed by atoms with Gasteiger partial charge in [-0.3, -0.25) is 9.59 Å². The maximum atomic E-state index is 12.0. The largest absolute Gasteiger partial charge is 0.480 e. The fourth-order valence-electron chi connectivity index (χ4n) is 1.94. The zero-order valence-electron chi connectivity index (χ0n) is 10.8. The lowest BCUT2D eigenvalue weighted by Crippen LogP contribution is -2.43. The number of carbonyl (C=O) groups is 2. The Morgan fingerprint density at radius 2 is 1.89 bits per heavy atom. The number of carbonyl (C=O) groups excluding carboxylic acids is 1. The van der Waals surface area contributed by atoms with Gasteiger partial charge in [0.05, 0.1) is 6.61 Å². The third kappa shape index (κ3) is 3.54. The van der Waals surface area contributed by atoms with Crippen molar-refractivity contribution in [3.8, 4) is 0 Å². The smallest absolute Gasteiger partial charge is 0.323 e. The molecule has 0 radical (unpaired) electrons. The fraction of sp³-hybridized carbons (Fsp3) is 0.429. The maximum absolute atomic E-state index is 12.0. The average Bonchev–Trinajstić information content (AvgIpc) is 2.39. The van der Waals surface area contributed by atoms with E-state index in [0.717, 1.165) is 0 Å². The van der Waals surface area contributed by atoms with Crippen LogP contribution in [0.1, 0.15) is 18.9 Å². The molecule has 0 bridgehead atoms. The molecule has 0 amide bonds. The lowest BCUT2D eigenvalue weighted by Gasteiger charge is -2.26. The highest BCUT2D eigenvalue weighted by Crippen LogP contribution is 2.29. The Hall–Kier alpha value is -1.88. The first-order chi connectivity index (χ1) is 9.06. The molecular formula is C14H18O5. The number of hydrogen-bond acceptors (Lipinski definition) is 4. The summed E-state index contributed by atoms with van der Waals surface area (Å²) in [6.45, 7) is 1.33. The second-order valence-corrected chi connectivity index (χ2v) is 4.24. The van der Waals surface area contributed by atoms with Crippen molar-refractivity contribution in [2.24, 2.45) is 5.41 Å². The molecule has 0 aliphatic rings. The summed E-state index contributed by atoms with van der Waals surface area (Å²) in [5, 5.41) is 18.5. The zero-order chi connectivity index (χ0) is 14.3. The van der Waals surface area contributed by atoms with E-state index in [1.807, 2.05) is 6.07 Å². The molecule has 1 aromatic carbocycles. The number of aliphatic hydroxyl groups is 1. The molecule has 0 aliphatic heterocycles. The van der Waals surface area contributed by atoms with Crippen LogP contribution in [0.5, 0.6) is 0 Å². The minimum Gasteiger partial charge on any atom is -0.480 e. The van der Waals surface area contributed by atoms with Gasteiger partial charge in [0.2, 0.25) is 0 Å². The van der Waals surface area contributed by atoms with Gasteiger partial charge in [-0.15, -0.1) is 0 Å². The van der Waals surface area contributed by atoms with Crippen LogP contribution in [0.3, 0.4) is 0 Å². The molecule has 2 N–H and O–H groups in total. The highest BCUT2D eigenvalue weighted by atomic mass is 16.5. The van der Waals surface area contributed by atoms with Crippen molar-refractivity contribution in [2.75, 3.05) is 13.2 Å². The van der Waals surface area contributed by atoms with Gasteiger partial charge in [0.15, 0.2) is 5.41 Å². The number of aliphatic carboxylic acids is 1. The molecule has 1 atom stereocenters. The molecular weight excluding hydrogens is 248 g/mol. The lowest BCUT2D eigenvalue weighted by atomic mass is 9.79. The summed E-state index contributed by atoms with van der Waals surface area (Å²) >= 11 is 0. The van der Waals surface area contributed by atoms with Gasteiger partial charge in [0.25, 0.3) is 0 Å². The van der Waals surface area contributed by atoms with Gasteiger partial charge in [-0.2, -0.15) is 0 Å². The summed E-state index contributed by atoms with van der Waals surface area (Å²) in [5.74, 6) is -2.08. The van der Waals surface area contributed by atoms with Gasteiger partial charge in [-0.25, -0.2) is 0 Å². The Morgan fingerprint density at radius 1 is 1.26 bits per heavy atom. The molecule has 104 valence electrons. The minimum atomic E-state index is -1.73. The molecule has 5 nitrogen and oxygen atoms in total. The number of carboxylic acids is 1. The Morgan fingerprint density at radius 3 is 2.37 bits per heavy atom. The summed E-state index contributed by atoms with van der Waals surface area (Å²) < 4.78 is 4.86. The maximum Gasteiger partial charge on any atom is 0.323 e. The summed E-state index contributed by atoms with van der Waals surface area (Å²) in [7, 11) is 0. The van der Waals surface area contributed by atoms with Crippen LogP contribution in [0, 0.1) is 5.41 Å². The quantitative estimate of drug-likeness (QED) is 0.573. The highest BCUT2D eigenvalue weighted by molar-refractivity contribution is 5.99. The van der Waals surface area contributed by atoms with E-state index in [9.17, 15) is 14.7 Å². The normalized spacial score (nSPS) is 13.6. The highest BCUT2D eigenvalue weighted by Gasteiger charge is 2.47. The van der Waals surface area contributed by atoms with Gasteiger partial charge in [-0.05, 0) is 25.3 Å². The molecule has 0 heterocycles. The average molecular weight is 266 g/mol. The Balaban J connectivity index is 3.09. The summed E-state index contributed by atoms with van der Waals surface area (Å²) in [4.78, 5) is 23.5. The first-order valence-electron chi connectivity index (χ1n) is 6.12. The number of carboxylic acid groups (broad SMARTS) is 1. The van der Waals surface area contributed by atoms with Gasteiger partial charge in [0.1, 0.15) is 0 Å². The van der Waals surface area contributed by atoms with Crippen LogP contribution < -0.4 is 0 Å². The van der Waals surface area contributed by atoms with Gasteiger partial charge < -0.3 is 14.9 Å². The van der Waals surface area contributed by atoms with Crippen molar-refractivity contribution in [2.45, 2.75) is 19.8 Å². The lowest BCUT2D eigenvalue weighted by molar-refractivity contribution is -0.170. The van der Waals surface area contributed by atoms with E-state index in [2.05, 4.69) is 0 Å². The first kappa shape index (κ1) is 15.2. The third-order valence-electron chi connectivity index (χ3n) is 2.96. The van der Waals surface area contributed by atoms with Crippen molar-refractivity contribution in [3.05, 3.63) is 35.9 Å². The van der Waals surface area contributed by atoms with Gasteiger partial charge in [0, 0.05) is 6.61 Å². The van der Waals surface area contributed by atoms with Crippen LogP contribution in [-0.4, -0.2) is 35.4 Å². The molecule has 1 rings (SSSR count). The monoisotopic (exact) mass is 266 g/mol. The van der Waals surface area contributed by atoms with E-state index >= 15 is 0 Å². The SMILES string of the molecule is CCOC(=O)C(CCO)(Cc1ccccc1)C(=O)O. The molecule has 0 fully saturated rings. The van der Waals surface area contributed by atoms with Crippen molar-refractivity contribution in [3.63, 3.8) is 0 Å². The van der Waals surface area contributed by atoms with Crippen LogP contribution in [0.15, 0.2) is 30.3 Å². The fourth-order valence-corrected chi connectivity index (χ4v) is 1.94. The summed E-state index contributed by atoms with van der Waals surface area (Å²) in [6, 6.07) is 8.84. The standard InChI is InChI=1S/C14H18O5/c1-2-19-13(18)14(8-9-15,12(16)17)10-11-6-4-3-5-7-11/h3-7,15H,2,8-10H2,1H3,(H,16,17). The number of hydrogen-bond donors (Lipinski definition) is 2. The second kappa shape index (κ2) is 6.89. The van der Waals surface area contributed by atoms with Crippen LogP contribution in [0.4, 0.5) is 0 Å². The van der Waals surface area contributed by atoms with E-state index in [4.69, 9.17) is 9.84 Å². The Kier molecular flexibility index (Phi) is 5.51. The number of aliphatic hydroxyl groups excluding tert-OH is 1. The molecule has 0 spiro atoms. The van der Waals surface area contributed by atoms with E-state index in [0.29, 0.717) is 5.56 Å². The topological polar surface area (TPSA) is 83.8 Å². The van der Waals surface area contributed by atoms with Crippen LogP contribution in [0.2, 0.25) is 0 Å².